The number of ether oxygens (including phenoxy) is 7. The third-order valence-electron chi connectivity index (χ3n) is 21.5. The number of piperidine rings is 3. The maximum atomic E-state index is 13.4. The van der Waals surface area contributed by atoms with E-state index >= 15 is 0 Å². The van der Waals surface area contributed by atoms with Gasteiger partial charge in [-0.1, -0.05) is 150 Å². The summed E-state index contributed by atoms with van der Waals surface area (Å²) in [7, 11) is 10.0. The van der Waals surface area contributed by atoms with Gasteiger partial charge in [0.1, 0.15) is 71.2 Å². The standard InChI is InChI=1S/C34H35Cl2N3O7S.C33H33Cl2N3O7S.C21H24N2O4S/c1-38-12-11-22(17-38)46-34(42)31(20-7-5-4-6-8-20)37-16-23-14-25(32(47-23)33(40)41)24(15-26-27(35)18-39(43)19-28(26)36)21-9-10-29(44-2)30(13-21)45-3;1-37-15-21(16-37)45-33(41)30(19-7-5-4-6-8-19)36-14-22-12-24(31(46-22)32(39)40)23(13-25-26(34)17-38(42)18-27(25)35)20-9-10-28(43-2)29(11-20)44-3;24-20(25)18-7-6-16(28-18)12-22-19(15-4-2-1-3-5-15)21(26)27-17-13-23-10-8-14(17)9-11-23/h4-10,13-14,18-19,22,24,31,37H,11-12,15-17H2,1-3H3,(H,40,41);4-12,17-18,21,23,30,36H,13-16H2,1-3H3,(H,39,40);1-7,14,17,19,22H,8-13H2,(H,24,25)/t22-,24+,31?;23-,30?;17-,19?/m100/s1. The fourth-order valence-electron chi connectivity index (χ4n) is 15.3. The predicted molar refractivity (Wildman–Crippen MR) is 461 cm³/mol. The van der Waals surface area contributed by atoms with Crippen LogP contribution in [0.25, 0.3) is 0 Å². The van der Waals surface area contributed by atoms with Crippen molar-refractivity contribution in [3.05, 3.63) is 286 Å². The number of benzene rings is 5. The highest BCUT2D eigenvalue weighted by atomic mass is 35.5. The van der Waals surface area contributed by atoms with Gasteiger partial charge in [0.05, 0.1) is 28.4 Å². The van der Waals surface area contributed by atoms with Gasteiger partial charge in [0.2, 0.25) is 0 Å². The van der Waals surface area contributed by atoms with Crippen molar-refractivity contribution in [1.29, 1.82) is 0 Å². The lowest BCUT2D eigenvalue weighted by Crippen LogP contribution is -2.52. The number of aromatic carboxylic acids is 3. The summed E-state index contributed by atoms with van der Waals surface area (Å²) in [6, 6.07) is 43.7. The van der Waals surface area contributed by atoms with Crippen molar-refractivity contribution in [2.24, 2.45) is 5.92 Å². The van der Waals surface area contributed by atoms with Crippen LogP contribution in [0.4, 0.5) is 0 Å². The van der Waals surface area contributed by atoms with E-state index in [-0.39, 0.29) is 86.0 Å². The zero-order valence-corrected chi connectivity index (χ0v) is 72.5. The van der Waals surface area contributed by atoms with E-state index in [4.69, 9.17) is 84.7 Å². The van der Waals surface area contributed by atoms with Gasteiger partial charge in [0.25, 0.3) is 0 Å². The monoisotopic (exact) mass is 1780 g/mol. The van der Waals surface area contributed by atoms with Crippen LogP contribution < -0.4 is 44.4 Å². The average Bonchev–Trinajstić information content (AvgIpc) is 1.69. The molecule has 15 rings (SSSR count). The van der Waals surface area contributed by atoms with Crippen molar-refractivity contribution in [2.45, 2.75) is 100 Å². The number of aromatic nitrogens is 2. The van der Waals surface area contributed by atoms with Crippen LogP contribution in [-0.2, 0) is 61.1 Å². The molecule has 3 unspecified atom stereocenters. The molecule has 5 saturated heterocycles. The molecule has 5 aromatic carbocycles. The van der Waals surface area contributed by atoms with Crippen molar-refractivity contribution in [1.82, 2.24) is 30.7 Å². The largest absolute Gasteiger partial charge is 0.619 e. The topological polar surface area (TPSA) is 327 Å². The number of nitrogens with zero attached hydrogens (tertiary/aromatic N) is 5. The second-order valence-electron chi connectivity index (χ2n) is 29.7. The minimum Gasteiger partial charge on any atom is -0.619 e. The molecular weight excluding hydrogens is 1700 g/mol. The number of pyridine rings is 2. The van der Waals surface area contributed by atoms with E-state index in [2.05, 4.69) is 30.7 Å². The molecule has 638 valence electrons. The number of nitrogens with one attached hydrogen (secondary N) is 3. The van der Waals surface area contributed by atoms with E-state index in [9.17, 15) is 49.4 Å². The first-order valence-corrected chi connectivity index (χ1v) is 42.9. The number of hydrogen-bond donors (Lipinski definition) is 6. The van der Waals surface area contributed by atoms with Crippen LogP contribution in [-0.4, -0.2) is 172 Å². The molecule has 0 radical (unpaired) electrons. The van der Waals surface area contributed by atoms with Crippen LogP contribution >= 0.6 is 80.4 Å². The van der Waals surface area contributed by atoms with E-state index in [0.29, 0.717) is 101 Å². The number of carboxylic acid groups (broad SMARTS) is 3. The smallest absolute Gasteiger partial charge is 0.346 e. The number of carbonyl (C=O) groups is 6. The van der Waals surface area contributed by atoms with Crippen LogP contribution in [0.2, 0.25) is 20.1 Å². The summed E-state index contributed by atoms with van der Waals surface area (Å²) in [5.74, 6) is -2.90. The van der Waals surface area contributed by atoms with Gasteiger partial charge in [0, 0.05) is 90.0 Å². The maximum Gasteiger partial charge on any atom is 0.346 e. The quantitative estimate of drug-likeness (QED) is 0.00963. The molecule has 0 saturated carbocycles. The Balaban J connectivity index is 0.000000172. The Labute approximate surface area is 732 Å². The highest BCUT2D eigenvalue weighted by Crippen LogP contribution is 2.44. The Morgan fingerprint density at radius 1 is 0.446 bits per heavy atom. The third-order valence-corrected chi connectivity index (χ3v) is 26.2. The Bertz CT molecular complexity index is 5220. The van der Waals surface area contributed by atoms with Crippen molar-refractivity contribution in [2.75, 3.05) is 88.3 Å². The number of esters is 3. The molecule has 10 heterocycles. The van der Waals surface area contributed by atoms with E-state index < -0.39 is 53.8 Å². The summed E-state index contributed by atoms with van der Waals surface area (Å²) in [4.78, 5) is 85.5. The van der Waals surface area contributed by atoms with Gasteiger partial charge >= 0.3 is 35.8 Å². The molecular formula is C88H92Cl4N8O18S3. The lowest BCUT2D eigenvalue weighted by molar-refractivity contribution is -0.605. The minimum absolute atomic E-state index is 0.0386. The number of halogens is 4. The molecule has 0 amide bonds. The second-order valence-corrected chi connectivity index (χ2v) is 34.8. The zero-order valence-electron chi connectivity index (χ0n) is 67.0. The number of rotatable bonds is 33. The molecule has 5 fully saturated rings. The van der Waals surface area contributed by atoms with E-state index in [0.717, 1.165) is 101 Å². The molecule has 0 spiro atoms. The van der Waals surface area contributed by atoms with Gasteiger partial charge < -0.3 is 63.8 Å². The van der Waals surface area contributed by atoms with Crippen LogP contribution in [0.15, 0.2) is 176 Å². The average molecular weight is 1790 g/mol. The number of likely N-dealkylation sites (tertiary alicyclic amines) is 2. The first kappa shape index (κ1) is 90.3. The molecule has 121 heavy (non-hydrogen) atoms. The molecule has 2 bridgehead atoms. The molecule has 0 aliphatic carbocycles. The summed E-state index contributed by atoms with van der Waals surface area (Å²) in [5.41, 5.74) is 5.80. The van der Waals surface area contributed by atoms with Crippen LogP contribution in [0.1, 0.15) is 143 Å². The Morgan fingerprint density at radius 2 is 0.843 bits per heavy atom. The highest BCUT2D eigenvalue weighted by molar-refractivity contribution is 7.14. The third kappa shape index (κ3) is 23.3. The van der Waals surface area contributed by atoms with Crippen molar-refractivity contribution >= 4 is 116 Å². The molecule has 5 aromatic heterocycles. The van der Waals surface area contributed by atoms with Gasteiger partial charge in [-0.15, -0.1) is 34.0 Å². The van der Waals surface area contributed by atoms with Crippen LogP contribution in [0.3, 0.4) is 0 Å². The molecule has 26 nitrogen and oxygen atoms in total. The van der Waals surface area contributed by atoms with Gasteiger partial charge in [-0.2, -0.15) is 9.46 Å². The molecule has 5 aliphatic rings. The lowest BCUT2D eigenvalue weighted by Gasteiger charge is -2.44. The van der Waals surface area contributed by atoms with Gasteiger partial charge in [-0.25, -0.2) is 28.8 Å². The second kappa shape index (κ2) is 42.2. The number of hydrogen-bond acceptors (Lipinski definition) is 24. The summed E-state index contributed by atoms with van der Waals surface area (Å²) < 4.78 is 40.6. The van der Waals surface area contributed by atoms with Crippen molar-refractivity contribution in [3.8, 4) is 23.0 Å². The number of methoxy groups -OCH3 is 4. The molecule has 33 heteroatoms. The zero-order chi connectivity index (χ0) is 86.1. The first-order valence-electron chi connectivity index (χ1n) is 38.9. The minimum atomic E-state index is -1.10. The normalized spacial score (nSPS) is 17.5. The summed E-state index contributed by atoms with van der Waals surface area (Å²) in [6.07, 6.45) is 7.76. The molecule has 10 aromatic rings. The number of likely N-dealkylation sites (N-methyl/N-ethyl adjacent to an activating group) is 2. The van der Waals surface area contributed by atoms with Crippen molar-refractivity contribution in [3.63, 3.8) is 0 Å². The molecule has 5 aliphatic heterocycles. The SMILES string of the molecule is COc1ccc([C@H](Cc2c(Cl)c[n+]([O-])cc2Cl)c2cc(CNC(C(=O)OC3CN(C)C3)c3ccccc3)sc2C(=O)O)cc1OC.COc1ccc([C@H](Cc2c(Cl)c[n+]([O-])cc2Cl)c2cc(CNC(C(=O)O[C@@H]3CCN(C)C3)c3ccccc3)sc2C(=O)O)cc1OC.O=C(O)c1ccc(CNC(C(=O)O[C@H]2CN3CCC2CC3)c2ccccc2)s1. The fraction of sp³-hybridized carbons (Fsp3) is 0.341. The Kier molecular flexibility index (Phi) is 31.5. The van der Waals surface area contributed by atoms with Crippen LogP contribution in [0.5, 0.6) is 23.0 Å². The summed E-state index contributed by atoms with van der Waals surface area (Å²) in [5, 5.41) is 64.2. The number of carboxylic acids is 3. The van der Waals surface area contributed by atoms with E-state index in [1.807, 2.05) is 129 Å². The van der Waals surface area contributed by atoms with Gasteiger partial charge in [-0.3, -0.25) is 25.8 Å². The van der Waals surface area contributed by atoms with Crippen LogP contribution in [0, 0.1) is 16.3 Å². The Morgan fingerprint density at radius 3 is 1.20 bits per heavy atom. The summed E-state index contributed by atoms with van der Waals surface area (Å²) >= 11 is 29.4. The highest BCUT2D eigenvalue weighted by Gasteiger charge is 2.40. The number of thiophene rings is 3. The maximum absolute atomic E-state index is 13.4. The number of fused-ring (bicyclic) bond motifs is 3. The number of carbonyl (C=O) groups excluding carboxylic acids is 3. The molecule has 6 N–H and O–H groups in total. The molecule has 7 atom stereocenters. The van der Waals surface area contributed by atoms with E-state index in [1.54, 1.807) is 36.4 Å². The lowest BCUT2D eigenvalue weighted by atomic mass is 9.85. The Hall–Kier alpha value is -9.96. The van der Waals surface area contributed by atoms with Gasteiger partial charge in [-0.05, 0) is 153 Å². The first-order chi connectivity index (χ1) is 58.2. The summed E-state index contributed by atoms with van der Waals surface area (Å²) in [6.45, 7) is 6.71. The van der Waals surface area contributed by atoms with Crippen molar-refractivity contribution < 1.29 is 86.7 Å². The van der Waals surface area contributed by atoms with Gasteiger partial charge in [0.15, 0.2) is 47.8 Å². The fourth-order valence-corrected chi connectivity index (χ4v) is 19.3. The predicted octanol–water partition coefficient (Wildman–Crippen LogP) is 14.2. The van der Waals surface area contributed by atoms with E-state index in [1.165, 1.54) is 64.6 Å².